The third-order valence-electron chi connectivity index (χ3n) is 5.56. The van der Waals surface area contributed by atoms with E-state index in [2.05, 4.69) is 20.5 Å². The Morgan fingerprint density at radius 2 is 2.06 bits per heavy atom. The van der Waals surface area contributed by atoms with Crippen LogP contribution in [0.1, 0.15) is 18.6 Å². The van der Waals surface area contributed by atoms with Crippen LogP contribution in [0.5, 0.6) is 5.75 Å². The summed E-state index contributed by atoms with van der Waals surface area (Å²) in [5, 5.41) is 31.0. The summed E-state index contributed by atoms with van der Waals surface area (Å²) in [7, 11) is 0. The molecule has 3 aromatic heterocycles. The number of halogens is 1. The molecule has 0 saturated heterocycles. The van der Waals surface area contributed by atoms with Gasteiger partial charge in [-0.05, 0) is 49.4 Å². The van der Waals surface area contributed by atoms with E-state index in [1.165, 1.54) is 18.2 Å². The molecular weight excluding hydrogens is 455 g/mol. The first kappa shape index (κ1) is 22.3. The molecule has 1 atom stereocenters. The summed E-state index contributed by atoms with van der Waals surface area (Å²) in [5.74, 6) is -0.301. The fourth-order valence-electron chi connectivity index (χ4n) is 4.00. The number of rotatable bonds is 7. The molecule has 0 fully saturated rings. The molecule has 3 heterocycles. The van der Waals surface area contributed by atoms with Crippen molar-refractivity contribution in [2.24, 2.45) is 0 Å². The molecule has 0 radical (unpaired) electrons. The highest BCUT2D eigenvalue weighted by Gasteiger charge is 2.20. The maximum Gasteiger partial charge on any atom is 0.410 e. The molecule has 5 rings (SSSR count). The number of pyridine rings is 1. The largest absolute Gasteiger partial charge is 0.482 e. The lowest BCUT2D eigenvalue weighted by molar-refractivity contribution is 0.208. The summed E-state index contributed by atoms with van der Waals surface area (Å²) in [6.45, 7) is 2.07. The SMILES string of the molecule is C[C@H](Oc1cc2cc(F)ccc2nc1NC(=O)O)c1cc2c(cnn2CCO)cc1-n1cccn1. The molecular formula is C24H21FN6O4. The maximum absolute atomic E-state index is 13.8. The number of nitrogens with zero attached hydrogens (tertiary/aromatic N) is 5. The molecule has 5 aromatic rings. The van der Waals surface area contributed by atoms with Gasteiger partial charge in [0.2, 0.25) is 0 Å². The molecule has 0 aliphatic rings. The van der Waals surface area contributed by atoms with Crippen LogP contribution in [0.25, 0.3) is 27.5 Å². The van der Waals surface area contributed by atoms with Gasteiger partial charge >= 0.3 is 6.09 Å². The Balaban J connectivity index is 1.62. The van der Waals surface area contributed by atoms with Crippen LogP contribution in [-0.2, 0) is 6.54 Å². The van der Waals surface area contributed by atoms with Gasteiger partial charge < -0.3 is 14.9 Å². The van der Waals surface area contributed by atoms with Crippen molar-refractivity contribution in [1.29, 1.82) is 0 Å². The molecule has 0 bridgehead atoms. The molecule has 0 spiro atoms. The van der Waals surface area contributed by atoms with Gasteiger partial charge in [-0.2, -0.15) is 10.2 Å². The smallest absolute Gasteiger partial charge is 0.410 e. The van der Waals surface area contributed by atoms with Crippen molar-refractivity contribution < 1.29 is 24.1 Å². The number of aliphatic hydroxyl groups excluding tert-OH is 1. The number of aliphatic hydroxyl groups is 1. The lowest BCUT2D eigenvalue weighted by Gasteiger charge is -2.21. The zero-order valence-electron chi connectivity index (χ0n) is 18.6. The van der Waals surface area contributed by atoms with E-state index in [1.807, 2.05) is 12.1 Å². The monoisotopic (exact) mass is 476 g/mol. The summed E-state index contributed by atoms with van der Waals surface area (Å²) in [5.41, 5.74) is 2.69. The summed E-state index contributed by atoms with van der Waals surface area (Å²) in [6.07, 6.45) is 3.27. The van der Waals surface area contributed by atoms with E-state index >= 15 is 0 Å². The third-order valence-corrected chi connectivity index (χ3v) is 5.56. The molecule has 0 unspecified atom stereocenters. The Hall–Kier alpha value is -4.51. The van der Waals surface area contributed by atoms with Crippen LogP contribution in [0.2, 0.25) is 0 Å². The predicted molar refractivity (Wildman–Crippen MR) is 126 cm³/mol. The van der Waals surface area contributed by atoms with E-state index in [0.717, 1.165) is 22.2 Å². The minimum Gasteiger partial charge on any atom is -0.482 e. The Morgan fingerprint density at radius 3 is 2.80 bits per heavy atom. The van der Waals surface area contributed by atoms with Crippen LogP contribution in [0.3, 0.4) is 0 Å². The van der Waals surface area contributed by atoms with Gasteiger partial charge in [0.15, 0.2) is 11.6 Å². The highest BCUT2D eigenvalue weighted by molar-refractivity contribution is 5.89. The van der Waals surface area contributed by atoms with E-state index in [-0.39, 0.29) is 18.2 Å². The summed E-state index contributed by atoms with van der Waals surface area (Å²) < 4.78 is 23.4. The van der Waals surface area contributed by atoms with Gasteiger partial charge in [-0.15, -0.1) is 0 Å². The Morgan fingerprint density at radius 1 is 1.20 bits per heavy atom. The zero-order chi connectivity index (χ0) is 24.5. The van der Waals surface area contributed by atoms with Crippen molar-refractivity contribution in [2.45, 2.75) is 19.6 Å². The molecule has 35 heavy (non-hydrogen) atoms. The number of carboxylic acid groups (broad SMARTS) is 1. The number of benzene rings is 2. The zero-order valence-corrected chi connectivity index (χ0v) is 18.6. The topological polar surface area (TPSA) is 127 Å². The normalized spacial score (nSPS) is 12.2. The number of anilines is 1. The molecule has 0 saturated carbocycles. The summed E-state index contributed by atoms with van der Waals surface area (Å²) >= 11 is 0. The fourth-order valence-corrected chi connectivity index (χ4v) is 4.00. The van der Waals surface area contributed by atoms with Crippen LogP contribution >= 0.6 is 0 Å². The van der Waals surface area contributed by atoms with Crippen LogP contribution in [0, 0.1) is 5.82 Å². The molecule has 2 aromatic carbocycles. The van der Waals surface area contributed by atoms with Gasteiger partial charge in [0.25, 0.3) is 0 Å². The van der Waals surface area contributed by atoms with E-state index in [0.29, 0.717) is 17.4 Å². The van der Waals surface area contributed by atoms with E-state index in [9.17, 15) is 19.4 Å². The lowest BCUT2D eigenvalue weighted by atomic mass is 10.1. The van der Waals surface area contributed by atoms with E-state index in [4.69, 9.17) is 4.74 Å². The van der Waals surface area contributed by atoms with Crippen molar-refractivity contribution in [2.75, 3.05) is 11.9 Å². The van der Waals surface area contributed by atoms with Gasteiger partial charge in [0.1, 0.15) is 11.9 Å². The number of fused-ring (bicyclic) bond motifs is 2. The van der Waals surface area contributed by atoms with Gasteiger partial charge in [-0.25, -0.2) is 18.9 Å². The standard InChI is InChI=1S/C24H21FN6O4/c1-14(35-22-11-15-9-17(25)3-4-19(15)28-23(22)29-24(33)34)18-12-20-16(13-27-31(20)7-8-32)10-21(18)30-6-2-5-26-30/h2-6,9-14,32H,7-8H2,1H3,(H,28,29)(H,33,34)/t14-/m0/s1. The van der Waals surface area contributed by atoms with Crippen molar-refractivity contribution in [3.63, 3.8) is 0 Å². The second kappa shape index (κ2) is 9.03. The van der Waals surface area contributed by atoms with Crippen molar-refractivity contribution >= 4 is 33.7 Å². The van der Waals surface area contributed by atoms with Crippen LogP contribution < -0.4 is 10.1 Å². The van der Waals surface area contributed by atoms with E-state index in [1.54, 1.807) is 47.0 Å². The number of aromatic nitrogens is 5. The molecule has 10 nitrogen and oxygen atoms in total. The maximum atomic E-state index is 13.8. The average molecular weight is 476 g/mol. The van der Waals surface area contributed by atoms with Crippen LogP contribution in [-0.4, -0.2) is 47.5 Å². The highest BCUT2D eigenvalue weighted by atomic mass is 19.1. The third kappa shape index (κ3) is 4.36. The summed E-state index contributed by atoms with van der Waals surface area (Å²) in [4.78, 5) is 15.7. The number of hydrogen-bond donors (Lipinski definition) is 3. The number of ether oxygens (including phenoxy) is 1. The first-order valence-corrected chi connectivity index (χ1v) is 10.8. The first-order valence-electron chi connectivity index (χ1n) is 10.8. The molecule has 3 N–H and O–H groups in total. The van der Waals surface area contributed by atoms with Crippen LogP contribution in [0.15, 0.2) is 61.1 Å². The van der Waals surface area contributed by atoms with Crippen molar-refractivity contribution in [1.82, 2.24) is 24.5 Å². The second-order valence-corrected chi connectivity index (χ2v) is 7.87. The molecule has 0 aliphatic carbocycles. The molecule has 0 aliphatic heterocycles. The van der Waals surface area contributed by atoms with Crippen molar-refractivity contribution in [3.8, 4) is 11.4 Å². The second-order valence-electron chi connectivity index (χ2n) is 7.87. The van der Waals surface area contributed by atoms with Crippen LogP contribution in [0.4, 0.5) is 15.0 Å². The van der Waals surface area contributed by atoms with E-state index < -0.39 is 18.0 Å². The number of amides is 1. The van der Waals surface area contributed by atoms with Gasteiger partial charge in [-0.1, -0.05) is 0 Å². The molecule has 1 amide bonds. The van der Waals surface area contributed by atoms with Gasteiger partial charge in [-0.3, -0.25) is 10.00 Å². The Labute approximate surface area is 198 Å². The molecule has 178 valence electrons. The quantitative estimate of drug-likeness (QED) is 0.322. The minimum absolute atomic E-state index is 0.00417. The molecule has 11 heteroatoms. The Kier molecular flexibility index (Phi) is 5.75. The predicted octanol–water partition coefficient (Wildman–Crippen LogP) is 4.13. The number of hydrogen-bond acceptors (Lipinski definition) is 6. The summed E-state index contributed by atoms with van der Waals surface area (Å²) in [6, 6.07) is 11.2. The van der Waals surface area contributed by atoms with Gasteiger partial charge in [0, 0.05) is 28.7 Å². The fraction of sp³-hybridized carbons (Fsp3) is 0.167. The minimum atomic E-state index is -1.30. The first-order chi connectivity index (χ1) is 16.9. The number of carbonyl (C=O) groups is 1. The van der Waals surface area contributed by atoms with Crippen molar-refractivity contribution in [3.05, 3.63) is 72.4 Å². The average Bonchev–Trinajstić information content (AvgIpc) is 3.49. The lowest BCUT2D eigenvalue weighted by Crippen LogP contribution is -2.14. The number of nitrogens with one attached hydrogen (secondary N) is 1. The highest BCUT2D eigenvalue weighted by Crippen LogP contribution is 2.34. The Bertz CT molecular complexity index is 1530. The van der Waals surface area contributed by atoms with Gasteiger partial charge in [0.05, 0.1) is 36.1 Å².